The number of thiophene rings is 1. The third kappa shape index (κ3) is 5.25. The lowest BCUT2D eigenvalue weighted by Crippen LogP contribution is -2.53. The lowest BCUT2D eigenvalue weighted by Gasteiger charge is -2.41. The second kappa shape index (κ2) is 11.2. The first-order valence-electron chi connectivity index (χ1n) is 12.1. The Balaban J connectivity index is 0.00000152. The number of nitrogens with one attached hydrogen (secondary N) is 1. The van der Waals surface area contributed by atoms with Gasteiger partial charge in [0.25, 0.3) is 0 Å². The van der Waals surface area contributed by atoms with Gasteiger partial charge in [0.2, 0.25) is 0 Å². The summed E-state index contributed by atoms with van der Waals surface area (Å²) >= 11 is 1.82. The Morgan fingerprint density at radius 2 is 1.72 bits per heavy atom. The van der Waals surface area contributed by atoms with Gasteiger partial charge in [0, 0.05) is 30.6 Å². The molecule has 1 atom stereocenters. The minimum Gasteiger partial charge on any atom is -0.353 e. The highest BCUT2D eigenvalue weighted by molar-refractivity contribution is 7.16. The van der Waals surface area contributed by atoms with Gasteiger partial charge in [-0.05, 0) is 61.3 Å². The minimum atomic E-state index is 0. The van der Waals surface area contributed by atoms with Gasteiger partial charge in [-0.2, -0.15) is 0 Å². The van der Waals surface area contributed by atoms with Crippen molar-refractivity contribution >= 4 is 69.1 Å². The fourth-order valence-electron chi connectivity index (χ4n) is 5.17. The number of aryl methyl sites for hydroxylation is 2. The maximum atomic E-state index is 5.20. The fraction of sp³-hybridized carbons (Fsp3) is 0.276. The highest BCUT2D eigenvalue weighted by Crippen LogP contribution is 2.39. The Morgan fingerprint density at radius 3 is 2.58 bits per heavy atom. The van der Waals surface area contributed by atoms with E-state index in [0.717, 1.165) is 49.7 Å². The number of rotatable bonds is 3. The highest BCUT2D eigenvalue weighted by atomic mass is 35.5. The Morgan fingerprint density at radius 1 is 0.944 bits per heavy atom. The highest BCUT2D eigenvalue weighted by Gasteiger charge is 2.30. The van der Waals surface area contributed by atoms with Gasteiger partial charge in [0.1, 0.15) is 10.8 Å². The molecule has 7 heteroatoms. The van der Waals surface area contributed by atoms with Crippen LogP contribution in [0.3, 0.4) is 0 Å². The van der Waals surface area contributed by atoms with Crippen LogP contribution in [0.5, 0.6) is 0 Å². The molecule has 1 N–H and O–H groups in total. The third-order valence-electron chi connectivity index (χ3n) is 7.13. The molecule has 1 fully saturated rings. The molecule has 0 spiro atoms. The molecule has 0 unspecified atom stereocenters. The van der Waals surface area contributed by atoms with Crippen molar-refractivity contribution in [3.63, 3.8) is 0 Å². The molecule has 2 aliphatic heterocycles. The number of hydrogen-bond donors (Lipinski definition) is 1. The Kier molecular flexibility index (Phi) is 8.26. The summed E-state index contributed by atoms with van der Waals surface area (Å²) < 4.78 is 0. The lowest BCUT2D eigenvalue weighted by molar-refractivity contribution is 0.134. The second-order valence-corrected chi connectivity index (χ2v) is 10.7. The van der Waals surface area contributed by atoms with E-state index in [0.29, 0.717) is 6.04 Å². The molecule has 2 aliphatic rings. The number of para-hydroxylation sites is 2. The zero-order chi connectivity index (χ0) is 23.1. The molecule has 1 aromatic heterocycles. The number of piperazine rings is 1. The topological polar surface area (TPSA) is 30.9 Å². The van der Waals surface area contributed by atoms with Gasteiger partial charge in [0.05, 0.1) is 16.9 Å². The number of nitrogens with zero attached hydrogens (tertiary/aromatic N) is 3. The fourth-order valence-corrected chi connectivity index (χ4v) is 6.09. The summed E-state index contributed by atoms with van der Waals surface area (Å²) in [5.74, 6) is 1.11. The first kappa shape index (κ1) is 26.5. The van der Waals surface area contributed by atoms with Crippen LogP contribution >= 0.6 is 36.2 Å². The molecular formula is C29H32Cl2N4S. The predicted molar refractivity (Wildman–Crippen MR) is 160 cm³/mol. The zero-order valence-electron chi connectivity index (χ0n) is 20.6. The van der Waals surface area contributed by atoms with E-state index >= 15 is 0 Å². The number of halogens is 2. The molecule has 0 radical (unpaired) electrons. The monoisotopic (exact) mass is 538 g/mol. The van der Waals surface area contributed by atoms with Gasteiger partial charge in [-0.15, -0.1) is 36.2 Å². The molecule has 0 saturated carbocycles. The van der Waals surface area contributed by atoms with Crippen LogP contribution < -0.4 is 5.32 Å². The molecular weight excluding hydrogens is 507 g/mol. The molecule has 188 valence electrons. The Hall–Kier alpha value is -2.57. The van der Waals surface area contributed by atoms with Crippen molar-refractivity contribution in [3.8, 4) is 0 Å². The van der Waals surface area contributed by atoms with Crippen molar-refractivity contribution < 1.29 is 0 Å². The van der Waals surface area contributed by atoms with Crippen molar-refractivity contribution in [1.82, 2.24) is 9.80 Å². The van der Waals surface area contributed by atoms with Crippen LogP contribution in [0.25, 0.3) is 10.8 Å². The van der Waals surface area contributed by atoms with Gasteiger partial charge in [-0.3, -0.25) is 4.90 Å². The summed E-state index contributed by atoms with van der Waals surface area (Å²) in [6.45, 7) is 5.23. The van der Waals surface area contributed by atoms with Gasteiger partial charge >= 0.3 is 0 Å². The number of hydrogen-bond acceptors (Lipinski definition) is 5. The second-order valence-electron chi connectivity index (χ2n) is 9.48. The zero-order valence-corrected chi connectivity index (χ0v) is 23.1. The first-order valence-corrected chi connectivity index (χ1v) is 12.9. The molecule has 4 nitrogen and oxygen atoms in total. The van der Waals surface area contributed by atoms with Crippen LogP contribution in [0.1, 0.15) is 22.4 Å². The van der Waals surface area contributed by atoms with E-state index in [1.165, 1.54) is 31.8 Å². The molecule has 3 aromatic carbocycles. The first-order chi connectivity index (χ1) is 16.6. The van der Waals surface area contributed by atoms with Gasteiger partial charge < -0.3 is 10.2 Å². The van der Waals surface area contributed by atoms with Crippen LogP contribution in [0, 0.1) is 6.92 Å². The molecule has 36 heavy (non-hydrogen) atoms. The van der Waals surface area contributed by atoms with Crippen LogP contribution in [0.4, 0.5) is 16.4 Å². The lowest BCUT2D eigenvalue weighted by atomic mass is 9.99. The van der Waals surface area contributed by atoms with E-state index < -0.39 is 0 Å². The Labute approximate surface area is 229 Å². The summed E-state index contributed by atoms with van der Waals surface area (Å²) in [5.41, 5.74) is 4.76. The number of fused-ring (bicyclic) bond motifs is 3. The SMILES string of the molecule is Cc1cc2c(s1)Nc1ccccc1N=C2N1CCN(C)[C@@H](CCc2ccc3ccccc3c2)C1.Cl.Cl. The summed E-state index contributed by atoms with van der Waals surface area (Å²) in [6, 6.07) is 26.7. The molecule has 0 aliphatic carbocycles. The van der Waals surface area contributed by atoms with E-state index in [4.69, 9.17) is 4.99 Å². The van der Waals surface area contributed by atoms with Crippen LogP contribution in [-0.4, -0.2) is 48.4 Å². The minimum absolute atomic E-state index is 0. The van der Waals surface area contributed by atoms with E-state index in [1.54, 1.807) is 0 Å². The molecule has 1 saturated heterocycles. The maximum absolute atomic E-state index is 5.20. The number of aliphatic imine (C=N–C) groups is 1. The molecule has 0 bridgehead atoms. The number of anilines is 2. The average molecular weight is 540 g/mol. The van der Waals surface area contributed by atoms with Crippen LogP contribution in [0.2, 0.25) is 0 Å². The van der Waals surface area contributed by atoms with E-state index in [2.05, 4.69) is 102 Å². The van der Waals surface area contributed by atoms with Gasteiger partial charge in [-0.25, -0.2) is 4.99 Å². The van der Waals surface area contributed by atoms with Crippen molar-refractivity contribution in [2.24, 2.45) is 4.99 Å². The number of likely N-dealkylation sites (N-methyl/N-ethyl adjacent to an activating group) is 1. The van der Waals surface area contributed by atoms with E-state index in [9.17, 15) is 0 Å². The van der Waals surface area contributed by atoms with Crippen molar-refractivity contribution in [3.05, 3.63) is 88.8 Å². The molecule has 6 rings (SSSR count). The number of benzene rings is 3. The van der Waals surface area contributed by atoms with E-state index in [1.807, 2.05) is 11.3 Å². The van der Waals surface area contributed by atoms with Crippen molar-refractivity contribution in [2.75, 3.05) is 32.0 Å². The molecule has 4 aromatic rings. The normalized spacial score (nSPS) is 17.1. The summed E-state index contributed by atoms with van der Waals surface area (Å²) in [5, 5.41) is 7.49. The average Bonchev–Trinajstić information content (AvgIpc) is 3.15. The summed E-state index contributed by atoms with van der Waals surface area (Å²) in [7, 11) is 2.27. The summed E-state index contributed by atoms with van der Waals surface area (Å²) in [4.78, 5) is 11.6. The van der Waals surface area contributed by atoms with Crippen LogP contribution in [0.15, 0.2) is 77.8 Å². The molecule has 0 amide bonds. The van der Waals surface area contributed by atoms with Gasteiger partial charge in [0.15, 0.2) is 0 Å². The smallest absolute Gasteiger partial charge is 0.139 e. The standard InChI is InChI=1S/C29H30N4S.2ClH/c1-20-17-25-28(30-26-9-5-6-10-27(26)31-29(25)34-20)33-16-15-32(2)24(19-33)14-12-21-11-13-22-7-3-4-8-23(22)18-21;;/h3-11,13,17-18,24,31H,12,14-16,19H2,1-2H3;2*1H/t24-;;/m0../s1. The van der Waals surface area contributed by atoms with Crippen molar-refractivity contribution in [1.29, 1.82) is 0 Å². The van der Waals surface area contributed by atoms with E-state index in [-0.39, 0.29) is 24.8 Å². The Bertz CT molecular complexity index is 1380. The van der Waals surface area contributed by atoms with Crippen molar-refractivity contribution in [2.45, 2.75) is 25.8 Å². The maximum Gasteiger partial charge on any atom is 0.139 e. The van der Waals surface area contributed by atoms with Gasteiger partial charge in [-0.1, -0.05) is 54.6 Å². The van der Waals surface area contributed by atoms with Crippen LogP contribution in [-0.2, 0) is 6.42 Å². The quantitative estimate of drug-likeness (QED) is 0.294. The largest absolute Gasteiger partial charge is 0.353 e. The predicted octanol–water partition coefficient (Wildman–Crippen LogP) is 7.44. The summed E-state index contributed by atoms with van der Waals surface area (Å²) in [6.07, 6.45) is 2.23. The number of amidine groups is 1. The molecule has 3 heterocycles. The third-order valence-corrected chi connectivity index (χ3v) is 8.10.